The molecule has 0 bridgehead atoms. The van der Waals surface area contributed by atoms with Gasteiger partial charge in [-0.25, -0.2) is 0 Å². The van der Waals surface area contributed by atoms with Gasteiger partial charge in [0.25, 0.3) is 5.91 Å². The van der Waals surface area contributed by atoms with Gasteiger partial charge in [-0.1, -0.05) is 0 Å². The summed E-state index contributed by atoms with van der Waals surface area (Å²) < 4.78 is 11.2. The zero-order chi connectivity index (χ0) is 16.7. The summed E-state index contributed by atoms with van der Waals surface area (Å²) in [5.74, 6) is 1.75. The lowest BCUT2D eigenvalue weighted by Gasteiger charge is -2.47. The highest BCUT2D eigenvalue weighted by Crippen LogP contribution is 2.39. The molecule has 3 aliphatic rings. The van der Waals surface area contributed by atoms with Crippen LogP contribution in [0.15, 0.2) is 16.7 Å². The Hall–Kier alpha value is -1.82. The van der Waals surface area contributed by atoms with E-state index in [1.54, 1.807) is 24.2 Å². The number of likely N-dealkylation sites (tertiary alicyclic amines) is 1. The largest absolute Gasteiger partial charge is 0.469 e. The fourth-order valence-corrected chi connectivity index (χ4v) is 3.77. The highest BCUT2D eigenvalue weighted by atomic mass is 16.5. The smallest absolute Gasteiger partial charge is 0.257 e. The zero-order valence-electron chi connectivity index (χ0n) is 14.0. The average Bonchev–Trinajstić information content (AvgIpc) is 3.11. The Kier molecular flexibility index (Phi) is 3.87. The predicted octanol–water partition coefficient (Wildman–Crippen LogP) is 1.74. The van der Waals surface area contributed by atoms with E-state index in [0.717, 1.165) is 13.0 Å². The molecule has 3 heterocycles. The first-order chi connectivity index (χ1) is 11.5. The number of carbonyl (C=O) groups is 2. The molecular formula is C18H24N2O4. The first-order valence-electron chi connectivity index (χ1n) is 8.79. The summed E-state index contributed by atoms with van der Waals surface area (Å²) >= 11 is 0. The van der Waals surface area contributed by atoms with E-state index in [2.05, 4.69) is 5.32 Å². The molecule has 130 valence electrons. The quantitative estimate of drug-likeness (QED) is 0.891. The number of carbonyl (C=O) groups excluding carboxylic acids is 2. The van der Waals surface area contributed by atoms with Crippen LogP contribution in [0.5, 0.6) is 0 Å². The Labute approximate surface area is 141 Å². The first-order valence-corrected chi connectivity index (χ1v) is 8.79. The number of furan rings is 1. The highest BCUT2D eigenvalue weighted by Gasteiger charge is 2.51. The van der Waals surface area contributed by atoms with Crippen molar-refractivity contribution in [2.45, 2.75) is 38.2 Å². The second-order valence-electron chi connectivity index (χ2n) is 7.57. The van der Waals surface area contributed by atoms with E-state index in [0.29, 0.717) is 43.4 Å². The Morgan fingerprint density at radius 1 is 1.33 bits per heavy atom. The van der Waals surface area contributed by atoms with E-state index in [9.17, 15) is 9.59 Å². The third kappa shape index (κ3) is 3.07. The first kappa shape index (κ1) is 15.7. The average molecular weight is 332 g/mol. The summed E-state index contributed by atoms with van der Waals surface area (Å²) in [6, 6.07) is 1.71. The number of rotatable bonds is 5. The van der Waals surface area contributed by atoms with Gasteiger partial charge in [-0.15, -0.1) is 0 Å². The summed E-state index contributed by atoms with van der Waals surface area (Å²) in [5, 5.41) is 3.02. The lowest BCUT2D eigenvalue weighted by Crippen LogP contribution is -2.63. The van der Waals surface area contributed by atoms with Crippen LogP contribution in [-0.4, -0.2) is 48.6 Å². The van der Waals surface area contributed by atoms with Crippen molar-refractivity contribution in [3.05, 3.63) is 23.7 Å². The van der Waals surface area contributed by atoms with E-state index in [1.807, 2.05) is 0 Å². The van der Waals surface area contributed by atoms with E-state index >= 15 is 0 Å². The fraction of sp³-hybridized carbons (Fsp3) is 0.667. The molecule has 2 aliphatic heterocycles. The van der Waals surface area contributed by atoms with Crippen molar-refractivity contribution in [2.24, 2.45) is 11.8 Å². The SMILES string of the molecule is Cc1occc1C(=O)N1CC2(CC(CC(=O)NCC3CC3)CO2)C1. The Bertz CT molecular complexity index is 643. The van der Waals surface area contributed by atoms with Crippen LogP contribution in [0.3, 0.4) is 0 Å². The second-order valence-corrected chi connectivity index (χ2v) is 7.57. The monoisotopic (exact) mass is 332 g/mol. The Morgan fingerprint density at radius 2 is 2.12 bits per heavy atom. The molecule has 24 heavy (non-hydrogen) atoms. The van der Waals surface area contributed by atoms with E-state index in [-0.39, 0.29) is 23.3 Å². The molecule has 1 N–H and O–H groups in total. The molecule has 1 atom stereocenters. The maximum Gasteiger partial charge on any atom is 0.257 e. The van der Waals surface area contributed by atoms with Crippen molar-refractivity contribution in [1.29, 1.82) is 0 Å². The van der Waals surface area contributed by atoms with Gasteiger partial charge in [0, 0.05) is 13.0 Å². The van der Waals surface area contributed by atoms with Crippen molar-refractivity contribution in [2.75, 3.05) is 26.2 Å². The van der Waals surface area contributed by atoms with Gasteiger partial charge in [0.15, 0.2) is 0 Å². The van der Waals surface area contributed by atoms with Gasteiger partial charge < -0.3 is 19.4 Å². The molecule has 2 amide bonds. The number of aryl methyl sites for hydroxylation is 1. The van der Waals surface area contributed by atoms with Gasteiger partial charge in [-0.3, -0.25) is 9.59 Å². The Morgan fingerprint density at radius 3 is 2.79 bits per heavy atom. The van der Waals surface area contributed by atoms with Crippen LogP contribution in [-0.2, 0) is 9.53 Å². The standard InChI is InChI=1S/C18H24N2O4/c1-12-15(4-5-23-12)17(22)20-10-18(11-20)7-14(9-24-18)6-16(21)19-8-13-2-3-13/h4-5,13-14H,2-3,6-11H2,1H3,(H,19,21). The maximum atomic E-state index is 12.4. The van der Waals surface area contributed by atoms with Crippen molar-refractivity contribution >= 4 is 11.8 Å². The van der Waals surface area contributed by atoms with Crippen molar-refractivity contribution < 1.29 is 18.7 Å². The number of hydrogen-bond acceptors (Lipinski definition) is 4. The van der Waals surface area contributed by atoms with Crippen LogP contribution in [0, 0.1) is 18.8 Å². The molecule has 2 saturated heterocycles. The van der Waals surface area contributed by atoms with E-state index in [1.165, 1.54) is 12.8 Å². The summed E-state index contributed by atoms with van der Waals surface area (Å²) in [4.78, 5) is 26.2. The molecule has 3 fully saturated rings. The molecule has 1 aromatic rings. The van der Waals surface area contributed by atoms with Crippen molar-refractivity contribution in [3.63, 3.8) is 0 Å². The van der Waals surface area contributed by atoms with Crippen molar-refractivity contribution in [1.82, 2.24) is 10.2 Å². The molecule has 6 heteroatoms. The minimum atomic E-state index is -0.241. The normalized spacial score (nSPS) is 24.9. The Balaban J connectivity index is 1.24. The lowest BCUT2D eigenvalue weighted by atomic mass is 9.85. The molecule has 0 aromatic carbocycles. The number of nitrogens with one attached hydrogen (secondary N) is 1. The van der Waals surface area contributed by atoms with E-state index < -0.39 is 0 Å². The molecule has 1 aromatic heterocycles. The van der Waals surface area contributed by atoms with Crippen LogP contribution in [0.25, 0.3) is 0 Å². The molecule has 1 unspecified atom stereocenters. The number of nitrogens with zero attached hydrogens (tertiary/aromatic N) is 1. The van der Waals surface area contributed by atoms with Crippen molar-refractivity contribution in [3.8, 4) is 0 Å². The van der Waals surface area contributed by atoms with Gasteiger partial charge in [-0.05, 0) is 44.1 Å². The van der Waals surface area contributed by atoms with Crippen LogP contribution in [0.4, 0.5) is 0 Å². The topological polar surface area (TPSA) is 71.8 Å². The van der Waals surface area contributed by atoms with Gasteiger partial charge in [-0.2, -0.15) is 0 Å². The molecule has 1 aliphatic carbocycles. The maximum absolute atomic E-state index is 12.4. The molecule has 0 radical (unpaired) electrons. The zero-order valence-corrected chi connectivity index (χ0v) is 14.0. The summed E-state index contributed by atoms with van der Waals surface area (Å²) in [6.45, 7) is 4.45. The minimum absolute atomic E-state index is 0.00102. The van der Waals surface area contributed by atoms with Crippen LogP contribution < -0.4 is 5.32 Å². The number of amides is 2. The summed E-state index contributed by atoms with van der Waals surface area (Å²) in [5.41, 5.74) is 0.383. The second kappa shape index (κ2) is 5.92. The summed E-state index contributed by atoms with van der Waals surface area (Å²) in [7, 11) is 0. The third-order valence-electron chi connectivity index (χ3n) is 5.38. The van der Waals surface area contributed by atoms with Crippen LogP contribution in [0.1, 0.15) is 41.8 Å². The number of hydrogen-bond donors (Lipinski definition) is 1. The fourth-order valence-electron chi connectivity index (χ4n) is 3.77. The van der Waals surface area contributed by atoms with Crippen LogP contribution >= 0.6 is 0 Å². The molecule has 4 rings (SSSR count). The molecular weight excluding hydrogens is 308 g/mol. The van der Waals surface area contributed by atoms with Gasteiger partial charge in [0.2, 0.25) is 5.91 Å². The third-order valence-corrected chi connectivity index (χ3v) is 5.38. The number of ether oxygens (including phenoxy) is 1. The highest BCUT2D eigenvalue weighted by molar-refractivity contribution is 5.95. The van der Waals surface area contributed by atoms with Crippen LogP contribution in [0.2, 0.25) is 0 Å². The molecule has 6 nitrogen and oxygen atoms in total. The minimum Gasteiger partial charge on any atom is -0.469 e. The van der Waals surface area contributed by atoms with Gasteiger partial charge >= 0.3 is 0 Å². The van der Waals surface area contributed by atoms with E-state index in [4.69, 9.17) is 9.15 Å². The molecule has 1 spiro atoms. The summed E-state index contributed by atoms with van der Waals surface area (Å²) in [6.07, 6.45) is 5.42. The molecule has 1 saturated carbocycles. The lowest BCUT2D eigenvalue weighted by molar-refractivity contribution is -0.122. The predicted molar refractivity (Wildman–Crippen MR) is 86.5 cm³/mol. The van der Waals surface area contributed by atoms with Gasteiger partial charge in [0.1, 0.15) is 11.4 Å². The van der Waals surface area contributed by atoms with Gasteiger partial charge in [0.05, 0.1) is 31.5 Å².